The Morgan fingerprint density at radius 1 is 0.548 bits per heavy atom. The summed E-state index contributed by atoms with van der Waals surface area (Å²) in [5.74, 6) is -10.5. The van der Waals surface area contributed by atoms with Crippen molar-refractivity contribution in [1.29, 1.82) is 0 Å². The van der Waals surface area contributed by atoms with Crippen LogP contribution in [0.2, 0.25) is 0 Å². The fourth-order valence-electron chi connectivity index (χ4n) is 8.89. The summed E-state index contributed by atoms with van der Waals surface area (Å²) in [6, 6.07) is 9.66. The summed E-state index contributed by atoms with van der Waals surface area (Å²) in [7, 11) is 0. The van der Waals surface area contributed by atoms with Crippen LogP contribution in [0.3, 0.4) is 0 Å². The standard InChI is InChI=1S/C19H21N3O6.C15H13N3O6.C13H9FN2O4.C6H12O3.CH2O2/c1-19(2,3)28-14(24)9-20-11-6-4-5-10-15(11)18(27)22(17(10)26)12-7-8-13(23)21-16(12)25;19-10-5-4-9(13(22)17-10)18-14(23)7-2-1-3-8(12(7)15(18)24)16-6-11(20)21;14-7-3-1-2-6-10(7)13(20)16(12(6)19)8-4-5-9(17)15-11(8)18;1-6(2,3)9-5(8)4-7;2-1-3/h4-6,12,20H,7-9H2,1-3H3,(H,21,23,25);1-3,9,16H,4-6H2,(H,20,21)(H,17,19,22);1-3,8H,4-5H2,(H,15,17,18);7H,4H2,1-3H3;1H,(H,2,3). The molecule has 30 heteroatoms. The van der Waals surface area contributed by atoms with Gasteiger partial charge in [0.25, 0.3) is 41.9 Å². The van der Waals surface area contributed by atoms with Crippen LogP contribution in [-0.4, -0.2) is 174 Å². The third kappa shape index (κ3) is 15.4. The van der Waals surface area contributed by atoms with E-state index in [9.17, 15) is 76.3 Å². The van der Waals surface area contributed by atoms with E-state index in [1.807, 2.05) is 0 Å². The molecule has 0 aliphatic carbocycles. The van der Waals surface area contributed by atoms with Crippen LogP contribution >= 0.6 is 0 Å². The molecule has 3 aromatic rings. The van der Waals surface area contributed by atoms with Gasteiger partial charge in [-0.3, -0.25) is 103 Å². The number of ether oxygens (including phenoxy) is 2. The summed E-state index contributed by atoms with van der Waals surface area (Å²) in [5.41, 5.74) is -0.620. The maximum atomic E-state index is 13.7. The maximum absolute atomic E-state index is 13.7. The fraction of sp³-hybridized carbons (Fsp3) is 0.370. The third-order valence-electron chi connectivity index (χ3n) is 12.2. The Kier molecular flexibility index (Phi) is 20.9. The van der Waals surface area contributed by atoms with Gasteiger partial charge in [0, 0.05) is 30.6 Å². The molecule has 12 amide bonds. The van der Waals surface area contributed by atoms with Crippen LogP contribution < -0.4 is 26.6 Å². The first kappa shape index (κ1) is 64.7. The highest BCUT2D eigenvalue weighted by atomic mass is 19.1. The van der Waals surface area contributed by atoms with Crippen LogP contribution in [0.4, 0.5) is 15.8 Å². The van der Waals surface area contributed by atoms with Crippen molar-refractivity contribution in [3.05, 3.63) is 93.8 Å². The number of anilines is 2. The van der Waals surface area contributed by atoms with Crippen molar-refractivity contribution in [2.75, 3.05) is 30.3 Å². The number of hydrogen-bond donors (Lipinski definition) is 8. The van der Waals surface area contributed by atoms with E-state index >= 15 is 0 Å². The molecular formula is C54H57FN8O21. The number of carbonyl (C=O) groups excluding carboxylic acids is 14. The molecule has 29 nitrogen and oxygen atoms in total. The largest absolute Gasteiger partial charge is 0.483 e. The average molecular weight is 1170 g/mol. The van der Waals surface area contributed by atoms with Crippen LogP contribution in [0, 0.1) is 5.82 Å². The smallest absolute Gasteiger partial charge is 0.332 e. The van der Waals surface area contributed by atoms with E-state index in [1.54, 1.807) is 53.7 Å². The van der Waals surface area contributed by atoms with Gasteiger partial charge < -0.3 is 35.4 Å². The van der Waals surface area contributed by atoms with Gasteiger partial charge in [-0.15, -0.1) is 0 Å². The molecule has 6 aliphatic heterocycles. The number of piperidine rings is 3. The Morgan fingerprint density at radius 2 is 0.869 bits per heavy atom. The lowest BCUT2D eigenvalue weighted by atomic mass is 10.0. The minimum Gasteiger partial charge on any atom is -0.483 e. The molecule has 3 saturated heterocycles. The van der Waals surface area contributed by atoms with Crippen LogP contribution in [0.15, 0.2) is 54.6 Å². The van der Waals surface area contributed by atoms with Crippen molar-refractivity contribution in [3.8, 4) is 0 Å². The first-order valence-corrected chi connectivity index (χ1v) is 25.4. The van der Waals surface area contributed by atoms with E-state index in [2.05, 4.69) is 26.6 Å². The fourth-order valence-corrected chi connectivity index (χ4v) is 8.89. The van der Waals surface area contributed by atoms with Gasteiger partial charge in [-0.1, -0.05) is 18.2 Å². The number of aliphatic hydroxyl groups excluding tert-OH is 1. The highest BCUT2D eigenvalue weighted by Crippen LogP contribution is 2.34. The summed E-state index contributed by atoms with van der Waals surface area (Å²) in [5, 5.41) is 35.6. The van der Waals surface area contributed by atoms with Gasteiger partial charge in [0.05, 0.1) is 33.4 Å². The molecule has 8 N–H and O–H groups in total. The Bertz CT molecular complexity index is 3270. The van der Waals surface area contributed by atoms with Gasteiger partial charge >= 0.3 is 17.9 Å². The molecule has 0 bridgehead atoms. The zero-order valence-electron chi connectivity index (χ0n) is 45.8. The zero-order chi connectivity index (χ0) is 62.7. The molecule has 3 unspecified atom stereocenters. The molecule has 446 valence electrons. The Morgan fingerprint density at radius 3 is 1.18 bits per heavy atom. The number of esters is 2. The van der Waals surface area contributed by atoms with Crippen molar-refractivity contribution in [2.24, 2.45) is 0 Å². The van der Waals surface area contributed by atoms with Gasteiger partial charge in [-0.2, -0.15) is 0 Å². The van der Waals surface area contributed by atoms with Crippen molar-refractivity contribution >= 4 is 107 Å². The first-order chi connectivity index (χ1) is 39.3. The van der Waals surface area contributed by atoms with Crippen molar-refractivity contribution in [1.82, 2.24) is 30.7 Å². The number of amides is 12. The number of hydrogen-bond acceptors (Lipinski definition) is 21. The SMILES string of the molecule is CC(C)(C)OC(=O)CNc1cccc2c1C(=O)N(C1CCC(=O)NC1=O)C2=O.CC(C)(C)OC(=O)CO.O=C(O)CNc1cccc2c1C(=O)N(C1CCC(=O)NC1=O)C2=O.O=C1CCC(N2C(=O)c3cccc(F)c3C2=O)C(=O)N1.O=CO. The number of aliphatic hydroxyl groups is 1. The minimum absolute atomic E-state index is 0.0340. The number of rotatable bonds is 10. The predicted octanol–water partition coefficient (Wildman–Crippen LogP) is 0.674. The van der Waals surface area contributed by atoms with Crippen LogP contribution in [0.1, 0.15) is 142 Å². The molecule has 6 heterocycles. The molecule has 3 aromatic carbocycles. The van der Waals surface area contributed by atoms with E-state index < -0.39 is 137 Å². The van der Waals surface area contributed by atoms with Crippen LogP contribution in [0.25, 0.3) is 0 Å². The van der Waals surface area contributed by atoms with Crippen LogP contribution in [0.5, 0.6) is 0 Å². The number of carboxylic acids is 1. The second kappa shape index (κ2) is 27.1. The molecular weight excluding hydrogens is 1120 g/mol. The van der Waals surface area contributed by atoms with E-state index in [1.165, 1.54) is 36.4 Å². The van der Waals surface area contributed by atoms with Gasteiger partial charge in [0.2, 0.25) is 35.4 Å². The lowest BCUT2D eigenvalue weighted by Crippen LogP contribution is -2.54. The number of aliphatic carboxylic acids is 1. The summed E-state index contributed by atoms with van der Waals surface area (Å²) in [4.78, 5) is 188. The van der Waals surface area contributed by atoms with E-state index in [4.69, 9.17) is 29.6 Å². The topological polar surface area (TPSA) is 422 Å². The molecule has 0 spiro atoms. The lowest BCUT2D eigenvalue weighted by molar-refractivity contribution is -0.158. The van der Waals surface area contributed by atoms with Crippen molar-refractivity contribution in [3.63, 3.8) is 0 Å². The third-order valence-corrected chi connectivity index (χ3v) is 12.2. The van der Waals surface area contributed by atoms with Gasteiger partial charge in [0.15, 0.2) is 0 Å². The first-order valence-electron chi connectivity index (χ1n) is 25.4. The number of nitrogens with zero attached hydrogens (tertiary/aromatic N) is 3. The number of nitrogens with one attached hydrogen (secondary N) is 5. The maximum Gasteiger partial charge on any atom is 0.332 e. The summed E-state index contributed by atoms with van der Waals surface area (Å²) in [6.45, 7) is 9.07. The molecule has 0 saturated carbocycles. The molecule has 0 radical (unpaired) electrons. The molecule has 9 rings (SSSR count). The summed E-state index contributed by atoms with van der Waals surface area (Å²) < 4.78 is 23.6. The molecule has 3 fully saturated rings. The monoisotopic (exact) mass is 1170 g/mol. The number of carboxylic acid groups (broad SMARTS) is 2. The van der Waals surface area contributed by atoms with E-state index in [0.717, 1.165) is 20.8 Å². The number of halogens is 1. The van der Waals surface area contributed by atoms with Crippen molar-refractivity contribution in [2.45, 2.75) is 109 Å². The number of fused-ring (bicyclic) bond motifs is 3. The van der Waals surface area contributed by atoms with Crippen molar-refractivity contribution < 1.29 is 106 Å². The normalized spacial score (nSPS) is 18.8. The molecule has 84 heavy (non-hydrogen) atoms. The Labute approximate surface area is 475 Å². The summed E-state index contributed by atoms with van der Waals surface area (Å²) in [6.07, 6.45) is 0.316. The zero-order valence-corrected chi connectivity index (χ0v) is 45.8. The van der Waals surface area contributed by atoms with Gasteiger partial charge in [0.1, 0.15) is 54.8 Å². The summed E-state index contributed by atoms with van der Waals surface area (Å²) >= 11 is 0. The molecule has 0 aromatic heterocycles. The predicted molar refractivity (Wildman–Crippen MR) is 281 cm³/mol. The Balaban J connectivity index is 0.000000212. The second-order valence-electron chi connectivity index (χ2n) is 20.5. The van der Waals surface area contributed by atoms with Crippen LogP contribution in [-0.2, 0) is 57.4 Å². The quantitative estimate of drug-likeness (QED) is 0.0786. The number of carbonyl (C=O) groups is 16. The average Bonchev–Trinajstić information content (AvgIpc) is 2.14. The van der Waals surface area contributed by atoms with E-state index in [0.29, 0.717) is 5.69 Å². The van der Waals surface area contributed by atoms with E-state index in [-0.39, 0.29) is 90.6 Å². The number of benzene rings is 3. The number of imide groups is 6. The minimum atomic E-state index is -1.12. The highest BCUT2D eigenvalue weighted by Gasteiger charge is 2.48. The Hall–Kier alpha value is -10.1. The highest BCUT2D eigenvalue weighted by molar-refractivity contribution is 6.27. The second-order valence-corrected chi connectivity index (χ2v) is 20.5. The molecule has 6 aliphatic rings. The van der Waals surface area contributed by atoms with Gasteiger partial charge in [-0.05, 0) is 97.2 Å². The van der Waals surface area contributed by atoms with Gasteiger partial charge in [-0.25, -0.2) is 9.18 Å². The lowest BCUT2D eigenvalue weighted by Gasteiger charge is -2.27. The molecule has 3 atom stereocenters.